The molecule has 0 aliphatic carbocycles. The number of methoxy groups -OCH3 is 1. The summed E-state index contributed by atoms with van der Waals surface area (Å²) in [5.74, 6) is 0.550. The van der Waals surface area contributed by atoms with E-state index in [1.807, 2.05) is 0 Å². The first-order chi connectivity index (χ1) is 8.86. The van der Waals surface area contributed by atoms with Crippen LogP contribution < -0.4 is 0 Å². The molecule has 18 heavy (non-hydrogen) atoms. The van der Waals surface area contributed by atoms with E-state index < -0.39 is 0 Å². The lowest BCUT2D eigenvalue weighted by Gasteiger charge is -2.32. The highest BCUT2D eigenvalue weighted by atomic mass is 16.7. The molecule has 0 amide bonds. The van der Waals surface area contributed by atoms with E-state index in [9.17, 15) is 0 Å². The zero-order valence-electron chi connectivity index (χ0n) is 10.7. The SMILES string of the molecule is CO[C@@H]1C[C@H](CCc2ccccc2)[C@H]2CO[C@@H]1O2. The van der Waals surface area contributed by atoms with Gasteiger partial charge in [0.1, 0.15) is 6.10 Å². The number of hydrogen-bond donors (Lipinski definition) is 0. The zero-order chi connectivity index (χ0) is 12.4. The first kappa shape index (κ1) is 12.2. The molecular weight excluding hydrogens is 228 g/mol. The lowest BCUT2D eigenvalue weighted by Crippen LogP contribution is -2.39. The molecule has 0 aromatic heterocycles. The van der Waals surface area contributed by atoms with Gasteiger partial charge in [-0.3, -0.25) is 0 Å². The minimum absolute atomic E-state index is 0.101. The van der Waals surface area contributed by atoms with Gasteiger partial charge in [0.15, 0.2) is 6.29 Å². The minimum Gasteiger partial charge on any atom is -0.376 e. The van der Waals surface area contributed by atoms with Crippen LogP contribution in [0.25, 0.3) is 0 Å². The van der Waals surface area contributed by atoms with Crippen molar-refractivity contribution in [3.05, 3.63) is 35.9 Å². The van der Waals surface area contributed by atoms with Crippen molar-refractivity contribution in [1.82, 2.24) is 0 Å². The molecular formula is C15H20O3. The van der Waals surface area contributed by atoms with E-state index in [0.717, 1.165) is 25.9 Å². The molecule has 3 nitrogen and oxygen atoms in total. The highest BCUT2D eigenvalue weighted by molar-refractivity contribution is 5.14. The van der Waals surface area contributed by atoms with Gasteiger partial charge >= 0.3 is 0 Å². The number of ether oxygens (including phenoxy) is 3. The van der Waals surface area contributed by atoms with Crippen LogP contribution in [0.5, 0.6) is 0 Å². The average molecular weight is 248 g/mol. The van der Waals surface area contributed by atoms with E-state index in [4.69, 9.17) is 14.2 Å². The Balaban J connectivity index is 1.59. The predicted octanol–water partition coefficient (Wildman–Crippen LogP) is 2.40. The van der Waals surface area contributed by atoms with Gasteiger partial charge in [-0.05, 0) is 30.7 Å². The van der Waals surface area contributed by atoms with Crippen molar-refractivity contribution in [1.29, 1.82) is 0 Å². The lowest BCUT2D eigenvalue weighted by molar-refractivity contribution is -0.178. The van der Waals surface area contributed by atoms with E-state index in [0.29, 0.717) is 5.92 Å². The van der Waals surface area contributed by atoms with Crippen molar-refractivity contribution in [3.8, 4) is 0 Å². The van der Waals surface area contributed by atoms with E-state index in [-0.39, 0.29) is 18.5 Å². The van der Waals surface area contributed by atoms with Crippen molar-refractivity contribution in [2.75, 3.05) is 13.7 Å². The summed E-state index contributed by atoms with van der Waals surface area (Å²) in [6, 6.07) is 10.6. The topological polar surface area (TPSA) is 27.7 Å². The summed E-state index contributed by atoms with van der Waals surface area (Å²) in [6.07, 6.45) is 3.54. The molecule has 4 atom stereocenters. The number of benzene rings is 1. The summed E-state index contributed by atoms with van der Waals surface area (Å²) in [5, 5.41) is 0. The van der Waals surface area contributed by atoms with Gasteiger partial charge in [0.25, 0.3) is 0 Å². The van der Waals surface area contributed by atoms with Gasteiger partial charge in [-0.25, -0.2) is 0 Å². The Morgan fingerprint density at radius 1 is 1.28 bits per heavy atom. The highest BCUT2D eigenvalue weighted by Gasteiger charge is 2.43. The monoisotopic (exact) mass is 248 g/mol. The maximum absolute atomic E-state index is 5.85. The molecule has 0 unspecified atom stereocenters. The van der Waals surface area contributed by atoms with Crippen LogP contribution in [0.4, 0.5) is 0 Å². The van der Waals surface area contributed by atoms with Crippen LogP contribution >= 0.6 is 0 Å². The molecule has 0 N–H and O–H groups in total. The Morgan fingerprint density at radius 3 is 2.89 bits per heavy atom. The van der Waals surface area contributed by atoms with Crippen LogP contribution in [0.15, 0.2) is 30.3 Å². The molecule has 0 spiro atoms. The van der Waals surface area contributed by atoms with Crippen LogP contribution in [0.3, 0.4) is 0 Å². The van der Waals surface area contributed by atoms with E-state index >= 15 is 0 Å². The Morgan fingerprint density at radius 2 is 2.11 bits per heavy atom. The van der Waals surface area contributed by atoms with Gasteiger partial charge in [0, 0.05) is 7.11 Å². The third kappa shape index (κ3) is 2.44. The molecule has 1 aromatic carbocycles. The second-order valence-electron chi connectivity index (χ2n) is 5.17. The van der Waals surface area contributed by atoms with E-state index in [1.54, 1.807) is 7.11 Å². The summed E-state index contributed by atoms with van der Waals surface area (Å²) in [4.78, 5) is 0. The second-order valence-corrected chi connectivity index (χ2v) is 5.17. The molecule has 2 saturated heterocycles. The maximum Gasteiger partial charge on any atom is 0.184 e. The van der Waals surface area contributed by atoms with Gasteiger partial charge in [-0.1, -0.05) is 30.3 Å². The standard InChI is InChI=1S/C15H20O3/c1-16-13-9-12(14-10-17-15(13)18-14)8-7-11-5-3-2-4-6-11/h2-6,12-15H,7-10H2,1H3/t12-,13+,14+,15+/m0/s1. The highest BCUT2D eigenvalue weighted by Crippen LogP contribution is 2.35. The smallest absolute Gasteiger partial charge is 0.184 e. The minimum atomic E-state index is -0.132. The summed E-state index contributed by atoms with van der Waals surface area (Å²) in [5.41, 5.74) is 1.40. The summed E-state index contributed by atoms with van der Waals surface area (Å²) >= 11 is 0. The van der Waals surface area contributed by atoms with Crippen molar-refractivity contribution in [2.24, 2.45) is 5.92 Å². The van der Waals surface area contributed by atoms with Gasteiger partial charge in [-0.2, -0.15) is 0 Å². The Hall–Kier alpha value is -0.900. The predicted molar refractivity (Wildman–Crippen MR) is 68.3 cm³/mol. The number of aryl methyl sites for hydroxylation is 1. The summed E-state index contributed by atoms with van der Waals surface area (Å²) < 4.78 is 16.9. The van der Waals surface area contributed by atoms with Crippen LogP contribution in [0.2, 0.25) is 0 Å². The van der Waals surface area contributed by atoms with E-state index in [2.05, 4.69) is 30.3 Å². The van der Waals surface area contributed by atoms with Gasteiger partial charge in [0.05, 0.1) is 12.7 Å². The van der Waals surface area contributed by atoms with Crippen molar-refractivity contribution in [3.63, 3.8) is 0 Å². The van der Waals surface area contributed by atoms with Crippen molar-refractivity contribution in [2.45, 2.75) is 37.8 Å². The zero-order valence-corrected chi connectivity index (χ0v) is 10.7. The van der Waals surface area contributed by atoms with Crippen LogP contribution in [0.1, 0.15) is 18.4 Å². The molecule has 0 radical (unpaired) electrons. The van der Waals surface area contributed by atoms with Gasteiger partial charge < -0.3 is 14.2 Å². The average Bonchev–Trinajstić information content (AvgIpc) is 2.84. The summed E-state index contributed by atoms with van der Waals surface area (Å²) in [6.45, 7) is 0.726. The first-order valence-electron chi connectivity index (χ1n) is 6.70. The van der Waals surface area contributed by atoms with E-state index in [1.165, 1.54) is 5.56 Å². The molecule has 98 valence electrons. The maximum atomic E-state index is 5.85. The van der Waals surface area contributed by atoms with Crippen LogP contribution in [0, 0.1) is 5.92 Å². The normalized spacial score (nSPS) is 34.7. The fourth-order valence-electron chi connectivity index (χ4n) is 2.95. The van der Waals surface area contributed by atoms with Gasteiger partial charge in [-0.15, -0.1) is 0 Å². The van der Waals surface area contributed by atoms with Crippen LogP contribution in [-0.2, 0) is 20.6 Å². The summed E-state index contributed by atoms with van der Waals surface area (Å²) in [7, 11) is 1.74. The fraction of sp³-hybridized carbons (Fsp3) is 0.600. The second kappa shape index (κ2) is 5.39. The van der Waals surface area contributed by atoms with Crippen LogP contribution in [-0.4, -0.2) is 32.2 Å². The Bertz CT molecular complexity index is 379. The fourth-order valence-corrected chi connectivity index (χ4v) is 2.95. The number of fused-ring (bicyclic) bond motifs is 2. The first-order valence-corrected chi connectivity index (χ1v) is 6.70. The molecule has 2 aliphatic rings. The van der Waals surface area contributed by atoms with Crippen molar-refractivity contribution >= 4 is 0 Å². The molecule has 2 aliphatic heterocycles. The van der Waals surface area contributed by atoms with Crippen molar-refractivity contribution < 1.29 is 14.2 Å². The Labute approximate surface area is 108 Å². The molecule has 0 saturated carbocycles. The quantitative estimate of drug-likeness (QED) is 0.819. The molecule has 3 rings (SSSR count). The Kier molecular flexibility index (Phi) is 3.64. The third-order valence-electron chi connectivity index (χ3n) is 4.05. The molecule has 2 heterocycles. The largest absolute Gasteiger partial charge is 0.376 e. The third-order valence-corrected chi connectivity index (χ3v) is 4.05. The molecule has 2 fully saturated rings. The molecule has 3 heteroatoms. The number of hydrogen-bond acceptors (Lipinski definition) is 3. The molecule has 2 bridgehead atoms. The lowest BCUT2D eigenvalue weighted by atomic mass is 9.88. The van der Waals surface area contributed by atoms with Gasteiger partial charge in [0.2, 0.25) is 0 Å². The molecule has 1 aromatic rings. The number of rotatable bonds is 4.